The third-order valence-corrected chi connectivity index (χ3v) is 6.82. The fraction of sp³-hybridized carbons (Fsp3) is 0.391. The van der Waals surface area contributed by atoms with Gasteiger partial charge in [0, 0.05) is 53.0 Å². The minimum Gasteiger partial charge on any atom is -0.493 e. The van der Waals surface area contributed by atoms with Gasteiger partial charge in [0.05, 0.1) is 13.7 Å². The molecule has 0 aliphatic carbocycles. The number of aryl methyl sites for hydroxylation is 1. The molecule has 7 heteroatoms. The molecule has 4 rings (SSSR count). The van der Waals surface area contributed by atoms with Crippen LogP contribution in [0.1, 0.15) is 12.0 Å². The van der Waals surface area contributed by atoms with Crippen LogP contribution >= 0.6 is 39.7 Å². The number of halogens is 2. The monoisotopic (exact) mass is 510 g/mol. The summed E-state index contributed by atoms with van der Waals surface area (Å²) in [5.74, 6) is 1.64. The Balaban J connectivity index is 0.00000256. The van der Waals surface area contributed by atoms with Gasteiger partial charge in [-0.1, -0.05) is 22.0 Å². The Labute approximate surface area is 197 Å². The molecular formula is C23H28BrClN2O2S. The number of piperazine rings is 1. The summed E-state index contributed by atoms with van der Waals surface area (Å²) in [4.78, 5) is 5.07. The molecule has 0 spiro atoms. The molecule has 0 atom stereocenters. The second-order valence-corrected chi connectivity index (χ2v) is 9.26. The van der Waals surface area contributed by atoms with E-state index in [0.29, 0.717) is 6.61 Å². The number of nitrogens with zero attached hydrogens (tertiary/aromatic N) is 2. The van der Waals surface area contributed by atoms with Crippen molar-refractivity contribution < 1.29 is 9.47 Å². The van der Waals surface area contributed by atoms with E-state index in [1.165, 1.54) is 15.8 Å². The van der Waals surface area contributed by atoms with Crippen molar-refractivity contribution in [3.05, 3.63) is 51.8 Å². The second-order valence-electron chi connectivity index (χ2n) is 7.39. The summed E-state index contributed by atoms with van der Waals surface area (Å²) >= 11 is 5.33. The van der Waals surface area contributed by atoms with Crippen LogP contribution in [0.25, 0.3) is 10.1 Å². The van der Waals surface area contributed by atoms with E-state index in [2.05, 4.69) is 68.4 Å². The number of methoxy groups -OCH3 is 1. The van der Waals surface area contributed by atoms with Crippen molar-refractivity contribution in [3.63, 3.8) is 0 Å². The molecule has 3 aromatic rings. The molecule has 1 fully saturated rings. The largest absolute Gasteiger partial charge is 0.493 e. The first kappa shape index (κ1) is 23.2. The van der Waals surface area contributed by atoms with Crippen molar-refractivity contribution in [2.24, 2.45) is 0 Å². The van der Waals surface area contributed by atoms with Crippen LogP contribution in [0.15, 0.2) is 46.3 Å². The van der Waals surface area contributed by atoms with Crippen LogP contribution in [-0.4, -0.2) is 51.3 Å². The third-order valence-electron chi connectivity index (χ3n) is 5.48. The van der Waals surface area contributed by atoms with Crippen LogP contribution in [0.4, 0.5) is 5.69 Å². The van der Waals surface area contributed by atoms with Crippen LogP contribution in [0, 0.1) is 6.92 Å². The summed E-state index contributed by atoms with van der Waals surface area (Å²) < 4.78 is 13.9. The Morgan fingerprint density at radius 1 is 1.10 bits per heavy atom. The second kappa shape index (κ2) is 10.7. The van der Waals surface area contributed by atoms with Crippen LogP contribution in [0.3, 0.4) is 0 Å². The van der Waals surface area contributed by atoms with E-state index >= 15 is 0 Å². The Morgan fingerprint density at radius 2 is 1.90 bits per heavy atom. The maximum absolute atomic E-state index is 6.05. The highest BCUT2D eigenvalue weighted by Crippen LogP contribution is 2.34. The smallest absolute Gasteiger partial charge is 0.164 e. The van der Waals surface area contributed by atoms with E-state index in [-0.39, 0.29) is 12.4 Å². The molecule has 2 aromatic carbocycles. The predicted octanol–water partition coefficient (Wildman–Crippen LogP) is 5.99. The molecule has 30 heavy (non-hydrogen) atoms. The van der Waals surface area contributed by atoms with Crippen LogP contribution < -0.4 is 14.4 Å². The number of benzene rings is 2. The highest BCUT2D eigenvalue weighted by molar-refractivity contribution is 9.10. The lowest BCUT2D eigenvalue weighted by molar-refractivity contribution is 0.221. The molecule has 1 aliphatic heterocycles. The van der Waals surface area contributed by atoms with E-state index in [0.717, 1.165) is 60.7 Å². The van der Waals surface area contributed by atoms with Gasteiger partial charge < -0.3 is 14.4 Å². The zero-order valence-electron chi connectivity index (χ0n) is 17.4. The molecule has 0 amide bonds. The third kappa shape index (κ3) is 5.22. The molecule has 162 valence electrons. The summed E-state index contributed by atoms with van der Waals surface area (Å²) in [6.07, 6.45) is 1.01. The van der Waals surface area contributed by atoms with Gasteiger partial charge in [-0.2, -0.15) is 0 Å². The van der Waals surface area contributed by atoms with Crippen molar-refractivity contribution >= 4 is 55.4 Å². The number of anilines is 1. The number of fused-ring (bicyclic) bond motifs is 1. The summed E-state index contributed by atoms with van der Waals surface area (Å²) in [6.45, 7) is 8.17. The molecule has 1 saturated heterocycles. The number of ether oxygens (including phenoxy) is 2. The molecule has 4 nitrogen and oxygen atoms in total. The summed E-state index contributed by atoms with van der Waals surface area (Å²) in [5.41, 5.74) is 2.47. The van der Waals surface area contributed by atoms with Crippen molar-refractivity contribution in [2.45, 2.75) is 13.3 Å². The van der Waals surface area contributed by atoms with E-state index in [4.69, 9.17) is 9.47 Å². The minimum atomic E-state index is 0. The first-order chi connectivity index (χ1) is 14.2. The van der Waals surface area contributed by atoms with E-state index in [1.807, 2.05) is 17.4 Å². The van der Waals surface area contributed by atoms with Gasteiger partial charge in [-0.15, -0.1) is 23.7 Å². The highest BCUT2D eigenvalue weighted by Gasteiger charge is 2.18. The lowest BCUT2D eigenvalue weighted by Crippen LogP contribution is -2.46. The zero-order valence-corrected chi connectivity index (χ0v) is 20.6. The Kier molecular flexibility index (Phi) is 8.28. The van der Waals surface area contributed by atoms with Gasteiger partial charge >= 0.3 is 0 Å². The van der Waals surface area contributed by atoms with Crippen LogP contribution in [0.5, 0.6) is 11.5 Å². The zero-order chi connectivity index (χ0) is 20.2. The Hall–Kier alpha value is -1.47. The minimum absolute atomic E-state index is 0. The maximum atomic E-state index is 6.05. The van der Waals surface area contributed by atoms with Gasteiger partial charge in [0.25, 0.3) is 0 Å². The molecule has 1 aromatic heterocycles. The van der Waals surface area contributed by atoms with Gasteiger partial charge in [0.1, 0.15) is 0 Å². The summed E-state index contributed by atoms with van der Waals surface area (Å²) in [7, 11) is 1.68. The lowest BCUT2D eigenvalue weighted by atomic mass is 10.2. The average Bonchev–Trinajstić information content (AvgIpc) is 3.21. The molecule has 1 aliphatic rings. The molecular weight excluding hydrogens is 484 g/mol. The molecule has 0 bridgehead atoms. The highest BCUT2D eigenvalue weighted by atomic mass is 79.9. The number of hydrogen-bond donors (Lipinski definition) is 0. The molecule has 0 saturated carbocycles. The van der Waals surface area contributed by atoms with Crippen molar-refractivity contribution in [2.75, 3.05) is 51.3 Å². The SMILES string of the molecule is COc1cc(Br)cc(C)c1OCCCN1CCN(c2cccc3sccc23)CC1.Cl. The quantitative estimate of drug-likeness (QED) is 0.364. The number of thiophene rings is 1. The number of rotatable bonds is 7. The van der Waals surface area contributed by atoms with Gasteiger partial charge in [-0.3, -0.25) is 4.90 Å². The van der Waals surface area contributed by atoms with Gasteiger partial charge in [-0.05, 0) is 54.6 Å². The van der Waals surface area contributed by atoms with Crippen LogP contribution in [-0.2, 0) is 0 Å². The first-order valence-corrected chi connectivity index (χ1v) is 11.7. The lowest BCUT2D eigenvalue weighted by Gasteiger charge is -2.36. The van der Waals surface area contributed by atoms with E-state index in [1.54, 1.807) is 7.11 Å². The topological polar surface area (TPSA) is 24.9 Å². The Morgan fingerprint density at radius 3 is 2.67 bits per heavy atom. The standard InChI is InChI=1S/C23H27BrN2O2S.ClH/c1-17-15-18(24)16-21(27-2)23(17)28-13-4-8-25-9-11-26(12-10-25)20-5-3-6-22-19(20)7-14-29-22;/h3,5-7,14-16H,4,8-13H2,1-2H3;1H. The molecule has 0 unspecified atom stereocenters. The van der Waals surface area contributed by atoms with Gasteiger partial charge in [0.2, 0.25) is 0 Å². The average molecular weight is 512 g/mol. The predicted molar refractivity (Wildman–Crippen MR) is 133 cm³/mol. The fourth-order valence-corrected chi connectivity index (χ4v) is 5.32. The first-order valence-electron chi connectivity index (χ1n) is 10.1. The Bertz CT molecular complexity index is 973. The number of hydrogen-bond acceptors (Lipinski definition) is 5. The van der Waals surface area contributed by atoms with Crippen molar-refractivity contribution in [1.82, 2.24) is 4.90 Å². The van der Waals surface area contributed by atoms with Crippen molar-refractivity contribution in [3.8, 4) is 11.5 Å². The van der Waals surface area contributed by atoms with Crippen molar-refractivity contribution in [1.29, 1.82) is 0 Å². The molecule has 0 N–H and O–H groups in total. The van der Waals surface area contributed by atoms with E-state index < -0.39 is 0 Å². The summed E-state index contributed by atoms with van der Waals surface area (Å²) in [5, 5.41) is 3.57. The van der Waals surface area contributed by atoms with Gasteiger partial charge in [-0.25, -0.2) is 0 Å². The molecule has 0 radical (unpaired) electrons. The maximum Gasteiger partial charge on any atom is 0.164 e. The van der Waals surface area contributed by atoms with E-state index in [9.17, 15) is 0 Å². The normalized spacial score (nSPS) is 14.6. The summed E-state index contributed by atoms with van der Waals surface area (Å²) in [6, 6.07) is 12.9. The molecule has 2 heterocycles. The van der Waals surface area contributed by atoms with Gasteiger partial charge in [0.15, 0.2) is 11.5 Å². The fourth-order valence-electron chi connectivity index (χ4n) is 3.96. The van der Waals surface area contributed by atoms with Crippen LogP contribution in [0.2, 0.25) is 0 Å².